The molecule has 0 aromatic rings. The van der Waals surface area contributed by atoms with E-state index < -0.39 is 26.1 Å². The topological polar surface area (TPSA) is 94.5 Å². The van der Waals surface area contributed by atoms with Crippen LogP contribution in [0.5, 0.6) is 0 Å². The SMILES string of the molecule is CC(C)OC[C@@H](COP(=O)(O)OC(C)C)O[C@@H](C)CO. The first-order valence-electron chi connectivity index (χ1n) is 6.70. The van der Waals surface area contributed by atoms with Crippen molar-refractivity contribution in [3.05, 3.63) is 0 Å². The van der Waals surface area contributed by atoms with Gasteiger partial charge in [0.15, 0.2) is 0 Å². The second-order valence-electron chi connectivity index (χ2n) is 5.05. The van der Waals surface area contributed by atoms with Crippen LogP contribution in [-0.4, -0.2) is 54.2 Å². The summed E-state index contributed by atoms with van der Waals surface area (Å²) in [5.41, 5.74) is 0. The molecule has 1 unspecified atom stereocenters. The van der Waals surface area contributed by atoms with Crippen LogP contribution in [0.1, 0.15) is 34.6 Å². The summed E-state index contributed by atoms with van der Waals surface area (Å²) in [7, 11) is -4.10. The zero-order valence-corrected chi connectivity index (χ0v) is 13.7. The Kier molecular flexibility index (Phi) is 9.84. The van der Waals surface area contributed by atoms with Gasteiger partial charge in [0.25, 0.3) is 0 Å². The second kappa shape index (κ2) is 9.84. The molecule has 0 radical (unpaired) electrons. The molecule has 3 atom stereocenters. The molecule has 0 spiro atoms. The highest BCUT2D eigenvalue weighted by Gasteiger charge is 2.26. The van der Waals surface area contributed by atoms with Crippen LogP contribution >= 0.6 is 7.82 Å². The maximum atomic E-state index is 11.6. The number of aliphatic hydroxyl groups is 1. The van der Waals surface area contributed by atoms with Gasteiger partial charge in [-0.25, -0.2) is 4.57 Å². The highest BCUT2D eigenvalue weighted by molar-refractivity contribution is 7.47. The molecule has 7 nitrogen and oxygen atoms in total. The van der Waals surface area contributed by atoms with Crippen molar-refractivity contribution in [2.75, 3.05) is 19.8 Å². The summed E-state index contributed by atoms with van der Waals surface area (Å²) < 4.78 is 32.1. The predicted octanol–water partition coefficient (Wildman–Crippen LogP) is 1.72. The molecule has 0 saturated carbocycles. The van der Waals surface area contributed by atoms with Crippen molar-refractivity contribution in [2.45, 2.75) is 59.0 Å². The molecule has 0 rings (SSSR count). The van der Waals surface area contributed by atoms with Gasteiger partial charge < -0.3 is 19.5 Å². The fourth-order valence-electron chi connectivity index (χ4n) is 1.27. The van der Waals surface area contributed by atoms with Crippen LogP contribution in [0.3, 0.4) is 0 Å². The van der Waals surface area contributed by atoms with E-state index in [1.54, 1.807) is 20.8 Å². The lowest BCUT2D eigenvalue weighted by Crippen LogP contribution is -2.31. The Morgan fingerprint density at radius 2 is 1.65 bits per heavy atom. The van der Waals surface area contributed by atoms with E-state index in [0.29, 0.717) is 0 Å². The minimum atomic E-state index is -4.10. The third kappa shape index (κ3) is 10.7. The molecular formula is C12H27O7P. The first-order chi connectivity index (χ1) is 9.16. The van der Waals surface area contributed by atoms with Crippen molar-refractivity contribution in [3.63, 3.8) is 0 Å². The average molecular weight is 314 g/mol. The van der Waals surface area contributed by atoms with E-state index in [2.05, 4.69) is 0 Å². The van der Waals surface area contributed by atoms with Gasteiger partial charge in [0.2, 0.25) is 0 Å². The number of aliphatic hydroxyl groups excluding tert-OH is 1. The van der Waals surface area contributed by atoms with Crippen molar-refractivity contribution >= 4 is 7.82 Å². The monoisotopic (exact) mass is 314 g/mol. The van der Waals surface area contributed by atoms with Crippen molar-refractivity contribution in [1.82, 2.24) is 0 Å². The second-order valence-corrected chi connectivity index (χ2v) is 6.46. The molecule has 2 N–H and O–H groups in total. The molecule has 0 aliphatic rings. The first kappa shape index (κ1) is 20.0. The Bertz CT molecular complexity index is 296. The first-order valence-corrected chi connectivity index (χ1v) is 8.19. The summed E-state index contributed by atoms with van der Waals surface area (Å²) in [4.78, 5) is 9.47. The summed E-state index contributed by atoms with van der Waals surface area (Å²) in [6.45, 7) is 8.58. The highest BCUT2D eigenvalue weighted by Crippen LogP contribution is 2.44. The molecule has 0 saturated heterocycles. The van der Waals surface area contributed by atoms with Gasteiger partial charge in [0.05, 0.1) is 38.1 Å². The van der Waals surface area contributed by atoms with E-state index in [4.69, 9.17) is 23.6 Å². The summed E-state index contributed by atoms with van der Waals surface area (Å²) in [5.74, 6) is 0. The van der Waals surface area contributed by atoms with E-state index >= 15 is 0 Å². The van der Waals surface area contributed by atoms with Gasteiger partial charge in [-0.15, -0.1) is 0 Å². The molecule has 0 fully saturated rings. The Balaban J connectivity index is 4.36. The molecule has 0 bridgehead atoms. The standard InChI is InChI=1S/C12H27O7P/c1-9(2)16-7-12(18-11(5)6-13)8-17-20(14,15)19-10(3)4/h9-13H,6-8H2,1-5H3,(H,14,15)/t11-,12-/m0/s1. The van der Waals surface area contributed by atoms with Gasteiger partial charge in [-0.05, 0) is 34.6 Å². The minimum absolute atomic E-state index is 0.00150. The van der Waals surface area contributed by atoms with Gasteiger partial charge >= 0.3 is 7.82 Å². The van der Waals surface area contributed by atoms with Gasteiger partial charge in [-0.2, -0.15) is 0 Å². The largest absolute Gasteiger partial charge is 0.472 e. The molecular weight excluding hydrogens is 287 g/mol. The van der Waals surface area contributed by atoms with Gasteiger partial charge in [0.1, 0.15) is 6.10 Å². The molecule has 0 heterocycles. The maximum Gasteiger partial charge on any atom is 0.472 e. The molecule has 0 aliphatic carbocycles. The van der Waals surface area contributed by atoms with E-state index in [9.17, 15) is 9.46 Å². The van der Waals surface area contributed by atoms with Crippen molar-refractivity contribution in [1.29, 1.82) is 0 Å². The molecule has 20 heavy (non-hydrogen) atoms. The van der Waals surface area contributed by atoms with Crippen molar-refractivity contribution < 1.29 is 33.1 Å². The third-order valence-corrected chi connectivity index (χ3v) is 3.23. The quantitative estimate of drug-likeness (QED) is 0.561. The number of hydrogen-bond donors (Lipinski definition) is 2. The normalized spacial score (nSPS) is 18.2. The number of ether oxygens (including phenoxy) is 2. The average Bonchev–Trinajstić information content (AvgIpc) is 2.30. The molecule has 0 amide bonds. The summed E-state index contributed by atoms with van der Waals surface area (Å²) in [6.07, 6.45) is -1.40. The lowest BCUT2D eigenvalue weighted by atomic mass is 10.3. The summed E-state index contributed by atoms with van der Waals surface area (Å²) in [6, 6.07) is 0. The predicted molar refractivity (Wildman–Crippen MR) is 74.5 cm³/mol. The fraction of sp³-hybridized carbons (Fsp3) is 1.00. The summed E-state index contributed by atoms with van der Waals surface area (Å²) in [5, 5.41) is 8.97. The Morgan fingerprint density at radius 1 is 1.05 bits per heavy atom. The van der Waals surface area contributed by atoms with Crippen LogP contribution in [0.25, 0.3) is 0 Å². The van der Waals surface area contributed by atoms with E-state index in [-0.39, 0.29) is 25.9 Å². The van der Waals surface area contributed by atoms with Gasteiger partial charge in [0, 0.05) is 0 Å². The van der Waals surface area contributed by atoms with E-state index in [0.717, 1.165) is 0 Å². The van der Waals surface area contributed by atoms with E-state index in [1.807, 2.05) is 13.8 Å². The smallest absolute Gasteiger partial charge is 0.394 e. The fourth-order valence-corrected chi connectivity index (χ4v) is 2.22. The molecule has 122 valence electrons. The minimum Gasteiger partial charge on any atom is -0.394 e. The summed E-state index contributed by atoms with van der Waals surface area (Å²) >= 11 is 0. The van der Waals surface area contributed by atoms with Crippen LogP contribution in [-0.2, 0) is 23.1 Å². The number of rotatable bonds is 11. The van der Waals surface area contributed by atoms with Gasteiger partial charge in [-0.1, -0.05) is 0 Å². The van der Waals surface area contributed by atoms with Crippen LogP contribution in [0.15, 0.2) is 0 Å². The maximum absolute atomic E-state index is 11.6. The molecule has 0 aromatic heterocycles. The third-order valence-electron chi connectivity index (χ3n) is 2.06. The number of phosphoric acid groups is 1. The molecule has 0 aliphatic heterocycles. The van der Waals surface area contributed by atoms with Crippen LogP contribution < -0.4 is 0 Å². The van der Waals surface area contributed by atoms with Crippen LogP contribution in [0.2, 0.25) is 0 Å². The Labute approximate surface area is 120 Å². The number of hydrogen-bond acceptors (Lipinski definition) is 6. The zero-order chi connectivity index (χ0) is 15.8. The van der Waals surface area contributed by atoms with Crippen molar-refractivity contribution in [3.8, 4) is 0 Å². The van der Waals surface area contributed by atoms with Crippen molar-refractivity contribution in [2.24, 2.45) is 0 Å². The highest BCUT2D eigenvalue weighted by atomic mass is 31.2. The molecule has 0 aromatic carbocycles. The lowest BCUT2D eigenvalue weighted by Gasteiger charge is -2.23. The molecule has 8 heteroatoms. The van der Waals surface area contributed by atoms with Crippen LogP contribution in [0.4, 0.5) is 0 Å². The zero-order valence-electron chi connectivity index (χ0n) is 12.8. The Hall–Kier alpha value is -0.0100. The Morgan fingerprint density at radius 3 is 2.10 bits per heavy atom. The van der Waals surface area contributed by atoms with Crippen LogP contribution in [0, 0.1) is 0 Å². The van der Waals surface area contributed by atoms with E-state index in [1.165, 1.54) is 0 Å². The number of phosphoric ester groups is 1. The van der Waals surface area contributed by atoms with Gasteiger partial charge in [-0.3, -0.25) is 9.05 Å². The lowest BCUT2D eigenvalue weighted by molar-refractivity contribution is -0.0942.